The van der Waals surface area contributed by atoms with Gasteiger partial charge in [-0.25, -0.2) is 4.68 Å². The van der Waals surface area contributed by atoms with Crippen molar-refractivity contribution >= 4 is 17.4 Å². The van der Waals surface area contributed by atoms with E-state index in [1.54, 1.807) is 0 Å². The number of rotatable bonds is 3. The standard InChI is InChI=1S/C26H24ClN3/c1-18-23(27)11-7-12-24(18)30-26-22(10-5-6-17-28-26)25(29-30)21-15-13-20(14-16-21)19-8-3-2-4-9-19/h2-4,7-9,11-16,28H,5-6,10,17H2,1H3. The van der Waals surface area contributed by atoms with Crippen LogP contribution >= 0.6 is 11.6 Å². The maximum atomic E-state index is 6.42. The van der Waals surface area contributed by atoms with E-state index in [0.29, 0.717) is 0 Å². The van der Waals surface area contributed by atoms with Gasteiger partial charge < -0.3 is 5.32 Å². The molecule has 5 rings (SSSR count). The summed E-state index contributed by atoms with van der Waals surface area (Å²) in [6.07, 6.45) is 3.35. The van der Waals surface area contributed by atoms with Crippen molar-refractivity contribution in [3.63, 3.8) is 0 Å². The van der Waals surface area contributed by atoms with E-state index in [0.717, 1.165) is 59.2 Å². The van der Waals surface area contributed by atoms with E-state index in [9.17, 15) is 0 Å². The van der Waals surface area contributed by atoms with Gasteiger partial charge in [-0.1, -0.05) is 72.3 Å². The molecule has 0 radical (unpaired) electrons. The summed E-state index contributed by atoms with van der Waals surface area (Å²) in [6.45, 7) is 3.02. The molecule has 0 saturated carbocycles. The third-order valence-electron chi connectivity index (χ3n) is 5.86. The molecular formula is C26H24ClN3. The van der Waals surface area contributed by atoms with E-state index in [1.807, 2.05) is 22.9 Å². The summed E-state index contributed by atoms with van der Waals surface area (Å²) in [5.41, 5.74) is 8.01. The van der Waals surface area contributed by atoms with Crippen LogP contribution in [0.25, 0.3) is 28.1 Å². The third-order valence-corrected chi connectivity index (χ3v) is 6.27. The molecule has 4 aromatic rings. The maximum Gasteiger partial charge on any atom is 0.133 e. The first-order chi connectivity index (χ1) is 14.7. The number of fused-ring (bicyclic) bond motifs is 1. The Morgan fingerprint density at radius 2 is 1.57 bits per heavy atom. The Hall–Kier alpha value is -3.04. The summed E-state index contributed by atoms with van der Waals surface area (Å²) in [6, 6.07) is 25.2. The molecule has 3 nitrogen and oxygen atoms in total. The van der Waals surface area contributed by atoms with Gasteiger partial charge in [0.1, 0.15) is 5.82 Å². The quantitative estimate of drug-likeness (QED) is 0.395. The average molecular weight is 414 g/mol. The molecule has 0 saturated heterocycles. The lowest BCUT2D eigenvalue weighted by molar-refractivity contribution is 0.779. The fourth-order valence-electron chi connectivity index (χ4n) is 4.19. The summed E-state index contributed by atoms with van der Waals surface area (Å²) in [5, 5.41) is 9.46. The minimum absolute atomic E-state index is 0.763. The number of aromatic nitrogens is 2. The van der Waals surface area contributed by atoms with Crippen molar-refractivity contribution in [2.75, 3.05) is 11.9 Å². The van der Waals surface area contributed by atoms with Gasteiger partial charge in [-0.05, 0) is 55.0 Å². The third kappa shape index (κ3) is 3.40. The largest absolute Gasteiger partial charge is 0.370 e. The molecule has 0 aliphatic carbocycles. The van der Waals surface area contributed by atoms with Crippen LogP contribution in [0.5, 0.6) is 0 Å². The second kappa shape index (κ2) is 8.00. The van der Waals surface area contributed by atoms with Gasteiger partial charge >= 0.3 is 0 Å². The molecule has 0 unspecified atom stereocenters. The highest BCUT2D eigenvalue weighted by atomic mass is 35.5. The second-order valence-corrected chi connectivity index (χ2v) is 8.21. The monoisotopic (exact) mass is 413 g/mol. The van der Waals surface area contributed by atoms with Crippen molar-refractivity contribution in [3.8, 4) is 28.1 Å². The fraction of sp³-hybridized carbons (Fsp3) is 0.192. The summed E-state index contributed by atoms with van der Waals surface area (Å²) in [5.74, 6) is 1.10. The van der Waals surface area contributed by atoms with Gasteiger partial charge in [-0.2, -0.15) is 5.10 Å². The molecule has 150 valence electrons. The fourth-order valence-corrected chi connectivity index (χ4v) is 4.35. The molecule has 0 amide bonds. The van der Waals surface area contributed by atoms with Crippen molar-refractivity contribution in [1.29, 1.82) is 0 Å². The minimum atomic E-state index is 0.763. The van der Waals surface area contributed by atoms with Gasteiger partial charge in [0, 0.05) is 22.7 Å². The Balaban J connectivity index is 1.62. The summed E-state index contributed by atoms with van der Waals surface area (Å²) in [7, 11) is 0. The van der Waals surface area contributed by atoms with Gasteiger partial charge in [-0.3, -0.25) is 0 Å². The predicted octanol–water partition coefficient (Wildman–Crippen LogP) is 6.92. The van der Waals surface area contributed by atoms with Crippen molar-refractivity contribution in [3.05, 3.63) is 88.9 Å². The molecule has 3 aromatic carbocycles. The van der Waals surface area contributed by atoms with Gasteiger partial charge in [0.15, 0.2) is 0 Å². The van der Waals surface area contributed by atoms with E-state index in [-0.39, 0.29) is 0 Å². The molecule has 30 heavy (non-hydrogen) atoms. The second-order valence-electron chi connectivity index (χ2n) is 7.80. The Bertz CT molecular complexity index is 1180. The topological polar surface area (TPSA) is 29.9 Å². The Labute approximate surface area is 182 Å². The highest BCUT2D eigenvalue weighted by molar-refractivity contribution is 6.31. The summed E-state index contributed by atoms with van der Waals surface area (Å²) < 4.78 is 2.04. The number of hydrogen-bond donors (Lipinski definition) is 1. The molecule has 0 fully saturated rings. The predicted molar refractivity (Wildman–Crippen MR) is 126 cm³/mol. The van der Waals surface area contributed by atoms with Gasteiger partial charge in [0.2, 0.25) is 0 Å². The maximum absolute atomic E-state index is 6.42. The van der Waals surface area contributed by atoms with Gasteiger partial charge in [-0.15, -0.1) is 0 Å². The van der Waals surface area contributed by atoms with Crippen LogP contribution in [-0.4, -0.2) is 16.3 Å². The first-order valence-corrected chi connectivity index (χ1v) is 10.9. The number of benzene rings is 3. The lowest BCUT2D eigenvalue weighted by Crippen LogP contribution is -2.08. The number of anilines is 1. The molecule has 1 aromatic heterocycles. The molecule has 2 heterocycles. The minimum Gasteiger partial charge on any atom is -0.370 e. The van der Waals surface area contributed by atoms with Gasteiger partial charge in [0.05, 0.1) is 11.4 Å². The number of halogens is 1. The van der Waals surface area contributed by atoms with Gasteiger partial charge in [0.25, 0.3) is 0 Å². The van der Waals surface area contributed by atoms with Crippen molar-refractivity contribution in [2.45, 2.75) is 26.2 Å². The van der Waals surface area contributed by atoms with Crippen LogP contribution in [0.2, 0.25) is 5.02 Å². The molecule has 1 aliphatic heterocycles. The van der Waals surface area contributed by atoms with Crippen LogP contribution in [0.4, 0.5) is 5.82 Å². The first kappa shape index (κ1) is 19.0. The summed E-state index contributed by atoms with van der Waals surface area (Å²) >= 11 is 6.42. The Kier molecular flexibility index (Phi) is 5.06. The highest BCUT2D eigenvalue weighted by Crippen LogP contribution is 2.36. The summed E-state index contributed by atoms with van der Waals surface area (Å²) in [4.78, 5) is 0. The Morgan fingerprint density at radius 1 is 0.833 bits per heavy atom. The van der Waals surface area contributed by atoms with E-state index in [4.69, 9.17) is 16.7 Å². The Morgan fingerprint density at radius 3 is 2.37 bits per heavy atom. The zero-order valence-electron chi connectivity index (χ0n) is 17.0. The molecule has 0 spiro atoms. The molecule has 4 heteroatoms. The average Bonchev–Trinajstić information content (AvgIpc) is 2.97. The zero-order chi connectivity index (χ0) is 20.5. The van der Waals surface area contributed by atoms with Crippen LogP contribution in [0.3, 0.4) is 0 Å². The van der Waals surface area contributed by atoms with Crippen LogP contribution in [-0.2, 0) is 6.42 Å². The zero-order valence-corrected chi connectivity index (χ0v) is 17.8. The van der Waals surface area contributed by atoms with Crippen LogP contribution in [0, 0.1) is 6.92 Å². The van der Waals surface area contributed by atoms with Crippen LogP contribution in [0.15, 0.2) is 72.8 Å². The van der Waals surface area contributed by atoms with E-state index >= 15 is 0 Å². The van der Waals surface area contributed by atoms with Crippen LogP contribution in [0.1, 0.15) is 24.0 Å². The highest BCUT2D eigenvalue weighted by Gasteiger charge is 2.22. The molecule has 1 aliphatic rings. The molecular weight excluding hydrogens is 390 g/mol. The first-order valence-electron chi connectivity index (χ1n) is 10.5. The molecule has 0 bridgehead atoms. The smallest absolute Gasteiger partial charge is 0.133 e. The van der Waals surface area contributed by atoms with Crippen molar-refractivity contribution < 1.29 is 0 Å². The lowest BCUT2D eigenvalue weighted by atomic mass is 10.00. The van der Waals surface area contributed by atoms with E-state index in [1.165, 1.54) is 16.7 Å². The number of hydrogen-bond acceptors (Lipinski definition) is 2. The van der Waals surface area contributed by atoms with Crippen molar-refractivity contribution in [2.24, 2.45) is 0 Å². The van der Waals surface area contributed by atoms with Crippen LogP contribution < -0.4 is 5.32 Å². The number of nitrogens with zero attached hydrogens (tertiary/aromatic N) is 2. The molecule has 1 N–H and O–H groups in total. The van der Waals surface area contributed by atoms with Crippen molar-refractivity contribution in [1.82, 2.24) is 9.78 Å². The normalized spacial score (nSPS) is 13.4. The number of nitrogens with one attached hydrogen (secondary N) is 1. The SMILES string of the molecule is Cc1c(Cl)cccc1-n1nc(-c2ccc(-c3ccccc3)cc2)c2c1NCCCC2. The molecule has 0 atom stereocenters. The van der Waals surface area contributed by atoms with E-state index in [2.05, 4.69) is 66.8 Å². The van der Waals surface area contributed by atoms with E-state index < -0.39 is 0 Å². The lowest BCUT2D eigenvalue weighted by Gasteiger charge is -2.12.